The molecule has 0 bridgehead atoms. The lowest BCUT2D eigenvalue weighted by Gasteiger charge is -2.12. The molecule has 28 heavy (non-hydrogen) atoms. The molecule has 1 aromatic heterocycles. The number of aryl methyl sites for hydroxylation is 1. The highest BCUT2D eigenvalue weighted by Gasteiger charge is 2.20. The third kappa shape index (κ3) is 4.23. The van der Waals surface area contributed by atoms with Crippen LogP contribution < -0.4 is 11.2 Å². The Hall–Kier alpha value is -3.13. The number of aromatic nitrogens is 3. The summed E-state index contributed by atoms with van der Waals surface area (Å²) >= 11 is 1.21. The van der Waals surface area contributed by atoms with Gasteiger partial charge in [0.05, 0.1) is 5.25 Å². The fraction of sp³-hybridized carbons (Fsp3) is 0.200. The Bertz CT molecular complexity index is 1030. The van der Waals surface area contributed by atoms with Crippen molar-refractivity contribution < 1.29 is 9.59 Å². The number of nitrogens with two attached hydrogens (primary N) is 1. The largest absolute Gasteiger partial charge is 0.335 e. The fourth-order valence-electron chi connectivity index (χ4n) is 2.64. The lowest BCUT2D eigenvalue weighted by molar-refractivity contribution is -0.115. The number of hydrogen-bond acceptors (Lipinski definition) is 6. The van der Waals surface area contributed by atoms with Crippen LogP contribution in [0, 0.1) is 6.92 Å². The molecule has 3 aromatic rings. The molecule has 1 heterocycles. The van der Waals surface area contributed by atoms with Crippen molar-refractivity contribution in [3.05, 3.63) is 59.7 Å². The van der Waals surface area contributed by atoms with Crippen molar-refractivity contribution in [2.75, 3.05) is 11.2 Å². The van der Waals surface area contributed by atoms with Crippen LogP contribution in [-0.2, 0) is 4.79 Å². The molecule has 1 atom stereocenters. The molecule has 8 heteroatoms. The first-order chi connectivity index (χ1) is 13.4. The molecule has 0 radical (unpaired) electrons. The Kier molecular flexibility index (Phi) is 5.79. The molecule has 3 rings (SSSR count). The van der Waals surface area contributed by atoms with E-state index in [0.717, 1.165) is 11.1 Å². The number of anilines is 1. The van der Waals surface area contributed by atoms with Gasteiger partial charge in [0.1, 0.15) is 0 Å². The Morgan fingerprint density at radius 2 is 1.89 bits per heavy atom. The second-order valence-corrected chi connectivity index (χ2v) is 7.69. The van der Waals surface area contributed by atoms with Gasteiger partial charge in [0, 0.05) is 16.8 Å². The summed E-state index contributed by atoms with van der Waals surface area (Å²) in [5.41, 5.74) is 3.04. The highest BCUT2D eigenvalue weighted by atomic mass is 32.2. The van der Waals surface area contributed by atoms with Gasteiger partial charge < -0.3 is 11.2 Å². The molecule has 7 nitrogen and oxygen atoms in total. The lowest BCUT2D eigenvalue weighted by Crippen LogP contribution is -2.23. The van der Waals surface area contributed by atoms with E-state index < -0.39 is 5.25 Å². The average molecular weight is 395 g/mol. The normalized spacial score (nSPS) is 11.8. The topological polar surface area (TPSA) is 103 Å². The predicted molar refractivity (Wildman–Crippen MR) is 111 cm³/mol. The van der Waals surface area contributed by atoms with Crippen LogP contribution in [0.4, 0.5) is 5.69 Å². The molecular formula is C20H21N5O2S. The van der Waals surface area contributed by atoms with Crippen LogP contribution in [0.2, 0.25) is 0 Å². The van der Waals surface area contributed by atoms with Crippen molar-refractivity contribution in [1.29, 1.82) is 0 Å². The monoisotopic (exact) mass is 395 g/mol. The van der Waals surface area contributed by atoms with Crippen molar-refractivity contribution in [2.45, 2.75) is 31.2 Å². The lowest BCUT2D eigenvalue weighted by atomic mass is 10.1. The summed E-state index contributed by atoms with van der Waals surface area (Å²) in [6, 6.07) is 14.6. The van der Waals surface area contributed by atoms with Crippen LogP contribution >= 0.6 is 11.8 Å². The highest BCUT2D eigenvalue weighted by molar-refractivity contribution is 8.00. The van der Waals surface area contributed by atoms with E-state index in [1.165, 1.54) is 23.4 Å². The molecule has 3 N–H and O–H groups in total. The second-order valence-electron chi connectivity index (χ2n) is 6.38. The van der Waals surface area contributed by atoms with Crippen molar-refractivity contribution in [2.24, 2.45) is 0 Å². The minimum absolute atomic E-state index is 0.0570. The minimum Gasteiger partial charge on any atom is -0.335 e. The molecule has 1 amide bonds. The van der Waals surface area contributed by atoms with Crippen LogP contribution in [-0.4, -0.2) is 31.8 Å². The molecule has 0 aliphatic carbocycles. The Morgan fingerprint density at radius 3 is 2.61 bits per heavy atom. The summed E-state index contributed by atoms with van der Waals surface area (Å²) < 4.78 is 1.40. The van der Waals surface area contributed by atoms with Gasteiger partial charge >= 0.3 is 0 Å². The Balaban J connectivity index is 1.72. The number of nitrogen functional groups attached to an aromatic ring is 1. The summed E-state index contributed by atoms with van der Waals surface area (Å²) in [4.78, 5) is 24.0. The first-order valence-electron chi connectivity index (χ1n) is 8.72. The molecular weight excluding hydrogens is 374 g/mol. The summed E-state index contributed by atoms with van der Waals surface area (Å²) in [5, 5.41) is 11.1. The first kappa shape index (κ1) is 19.6. The van der Waals surface area contributed by atoms with Gasteiger partial charge in [-0.15, -0.1) is 10.2 Å². The summed E-state index contributed by atoms with van der Waals surface area (Å²) in [6.45, 7) is 5.22. The second kappa shape index (κ2) is 8.26. The van der Waals surface area contributed by atoms with Crippen LogP contribution in [0.25, 0.3) is 11.4 Å². The van der Waals surface area contributed by atoms with E-state index in [4.69, 9.17) is 5.84 Å². The van der Waals surface area contributed by atoms with Gasteiger partial charge in [-0.3, -0.25) is 9.59 Å². The Morgan fingerprint density at radius 1 is 1.14 bits per heavy atom. The number of Topliss-reactive ketones (excluding diaryl/α,β-unsaturated/α-hetero) is 1. The first-order valence-corrected chi connectivity index (χ1v) is 9.60. The van der Waals surface area contributed by atoms with Crippen LogP contribution in [0.5, 0.6) is 0 Å². The fourth-order valence-corrected chi connectivity index (χ4v) is 3.41. The summed E-state index contributed by atoms with van der Waals surface area (Å²) in [5.74, 6) is 6.43. The number of hydrogen-bond donors (Lipinski definition) is 2. The molecule has 144 valence electrons. The van der Waals surface area contributed by atoms with Gasteiger partial charge in [-0.05, 0) is 38.5 Å². The van der Waals surface area contributed by atoms with Crippen LogP contribution in [0.3, 0.4) is 0 Å². The van der Waals surface area contributed by atoms with E-state index in [1.54, 1.807) is 31.2 Å². The molecule has 0 spiro atoms. The van der Waals surface area contributed by atoms with E-state index in [-0.39, 0.29) is 11.7 Å². The van der Waals surface area contributed by atoms with E-state index in [9.17, 15) is 9.59 Å². The van der Waals surface area contributed by atoms with Crippen LogP contribution in [0.15, 0.2) is 53.7 Å². The maximum atomic E-state index is 12.5. The minimum atomic E-state index is -0.461. The molecule has 2 aromatic carbocycles. The van der Waals surface area contributed by atoms with Crippen LogP contribution in [0.1, 0.15) is 29.8 Å². The molecule has 0 aliphatic heterocycles. The van der Waals surface area contributed by atoms with E-state index in [0.29, 0.717) is 22.2 Å². The molecule has 0 aliphatic rings. The van der Waals surface area contributed by atoms with Crippen molar-refractivity contribution in [3.63, 3.8) is 0 Å². The van der Waals surface area contributed by atoms with Gasteiger partial charge in [0.15, 0.2) is 11.6 Å². The van der Waals surface area contributed by atoms with Gasteiger partial charge in [-0.2, -0.15) is 0 Å². The van der Waals surface area contributed by atoms with E-state index >= 15 is 0 Å². The molecule has 0 fully saturated rings. The zero-order chi connectivity index (χ0) is 20.3. The number of carbonyl (C=O) groups is 2. The number of carbonyl (C=O) groups excluding carboxylic acids is 2. The number of nitrogens with one attached hydrogen (secondary N) is 1. The smallest absolute Gasteiger partial charge is 0.237 e. The summed E-state index contributed by atoms with van der Waals surface area (Å²) in [7, 11) is 0. The van der Waals surface area contributed by atoms with E-state index in [1.807, 2.05) is 31.2 Å². The van der Waals surface area contributed by atoms with Gasteiger partial charge in [0.25, 0.3) is 0 Å². The maximum absolute atomic E-state index is 12.5. The number of nitrogens with zero attached hydrogens (tertiary/aromatic N) is 3. The third-order valence-electron chi connectivity index (χ3n) is 4.24. The van der Waals surface area contributed by atoms with Crippen molar-refractivity contribution in [3.8, 4) is 11.4 Å². The molecule has 0 saturated heterocycles. The number of benzene rings is 2. The molecule has 0 unspecified atom stereocenters. The number of thioether (sulfide) groups is 1. The SMILES string of the molecule is CC(=O)c1cccc(NC(=O)[C@H](C)Sc2nnc(-c3ccccc3C)n2N)c1. The average Bonchev–Trinajstić information content (AvgIpc) is 3.02. The van der Waals surface area contributed by atoms with E-state index in [2.05, 4.69) is 15.5 Å². The maximum Gasteiger partial charge on any atom is 0.237 e. The van der Waals surface area contributed by atoms with Gasteiger partial charge in [-0.25, -0.2) is 4.68 Å². The van der Waals surface area contributed by atoms with Gasteiger partial charge in [-0.1, -0.05) is 48.2 Å². The quantitative estimate of drug-likeness (QED) is 0.377. The highest BCUT2D eigenvalue weighted by Crippen LogP contribution is 2.27. The van der Waals surface area contributed by atoms with Gasteiger partial charge in [0.2, 0.25) is 11.1 Å². The summed E-state index contributed by atoms with van der Waals surface area (Å²) in [6.07, 6.45) is 0. The predicted octanol–water partition coefficient (Wildman–Crippen LogP) is 3.29. The Labute approximate surface area is 167 Å². The standard InChI is InChI=1S/C20H21N5O2S/c1-12-7-4-5-10-17(12)18-23-24-20(25(18)21)28-14(3)19(27)22-16-9-6-8-15(11-16)13(2)26/h4-11,14H,21H2,1-3H3,(H,22,27)/t14-/m0/s1. The number of amides is 1. The number of rotatable bonds is 6. The van der Waals surface area contributed by atoms with Crippen molar-refractivity contribution in [1.82, 2.24) is 14.9 Å². The molecule has 0 saturated carbocycles. The zero-order valence-electron chi connectivity index (χ0n) is 15.8. The number of ketones is 1. The third-order valence-corrected chi connectivity index (χ3v) is 5.30. The van der Waals surface area contributed by atoms with Crippen molar-refractivity contribution >= 4 is 29.1 Å². The zero-order valence-corrected chi connectivity index (χ0v) is 16.7.